The van der Waals surface area contributed by atoms with Crippen LogP contribution in [0.25, 0.3) is 6.08 Å². The quantitative estimate of drug-likeness (QED) is 0.653. The largest absolute Gasteiger partial charge is 0.204 e. The maximum Gasteiger partial charge on any atom is 0.159 e. The molecule has 16 heavy (non-hydrogen) atoms. The molecule has 0 heterocycles. The molecule has 0 N–H and O–H groups in total. The summed E-state index contributed by atoms with van der Waals surface area (Å²) in [4.78, 5) is 0. The van der Waals surface area contributed by atoms with E-state index in [9.17, 15) is 8.78 Å². The lowest BCUT2D eigenvalue weighted by Gasteiger charge is -2.20. The Bertz CT molecular complexity index is 397. The predicted octanol–water partition coefficient (Wildman–Crippen LogP) is 4.56. The first-order chi connectivity index (χ1) is 7.65. The summed E-state index contributed by atoms with van der Waals surface area (Å²) in [6.45, 7) is 2.26. The van der Waals surface area contributed by atoms with Crippen LogP contribution in [0, 0.1) is 17.6 Å². The second-order valence-corrected chi connectivity index (χ2v) is 4.66. The maximum atomic E-state index is 13.0. The predicted molar refractivity (Wildman–Crippen MR) is 62.0 cm³/mol. The fourth-order valence-electron chi connectivity index (χ4n) is 2.12. The van der Waals surface area contributed by atoms with Crippen LogP contribution in [0.15, 0.2) is 23.8 Å². The van der Waals surface area contributed by atoms with E-state index in [1.807, 2.05) is 6.08 Å². The SMILES string of the molecule is CC1CCC(=Cc2ccc(F)c(F)c2)CC1. The average molecular weight is 222 g/mol. The van der Waals surface area contributed by atoms with Gasteiger partial charge >= 0.3 is 0 Å². The van der Waals surface area contributed by atoms with E-state index >= 15 is 0 Å². The van der Waals surface area contributed by atoms with Gasteiger partial charge < -0.3 is 0 Å². The lowest BCUT2D eigenvalue weighted by atomic mass is 9.86. The molecule has 1 fully saturated rings. The second kappa shape index (κ2) is 4.77. The molecule has 1 aromatic rings. The third-order valence-electron chi connectivity index (χ3n) is 3.23. The van der Waals surface area contributed by atoms with Gasteiger partial charge in [0.2, 0.25) is 0 Å². The summed E-state index contributed by atoms with van der Waals surface area (Å²) in [5.74, 6) is -0.750. The van der Waals surface area contributed by atoms with Gasteiger partial charge in [0.25, 0.3) is 0 Å². The number of hydrogen-bond acceptors (Lipinski definition) is 0. The lowest BCUT2D eigenvalue weighted by Crippen LogP contribution is -2.03. The number of hydrogen-bond donors (Lipinski definition) is 0. The topological polar surface area (TPSA) is 0 Å². The number of allylic oxidation sites excluding steroid dienone is 1. The van der Waals surface area contributed by atoms with Gasteiger partial charge in [0.05, 0.1) is 0 Å². The van der Waals surface area contributed by atoms with Crippen molar-refractivity contribution in [2.75, 3.05) is 0 Å². The van der Waals surface area contributed by atoms with Gasteiger partial charge in [-0.3, -0.25) is 0 Å². The van der Waals surface area contributed by atoms with Gasteiger partial charge in [-0.25, -0.2) is 8.78 Å². The molecular formula is C14H16F2. The third-order valence-corrected chi connectivity index (χ3v) is 3.23. The van der Waals surface area contributed by atoms with Crippen LogP contribution >= 0.6 is 0 Å². The van der Waals surface area contributed by atoms with E-state index in [-0.39, 0.29) is 0 Å². The maximum absolute atomic E-state index is 13.0. The van der Waals surface area contributed by atoms with Crippen molar-refractivity contribution < 1.29 is 8.78 Å². The highest BCUT2D eigenvalue weighted by atomic mass is 19.2. The molecule has 0 spiro atoms. The molecule has 0 radical (unpaired) electrons. The van der Waals surface area contributed by atoms with Crippen LogP contribution in [0.1, 0.15) is 38.2 Å². The Hall–Kier alpha value is -1.18. The Kier molecular flexibility index (Phi) is 3.37. The van der Waals surface area contributed by atoms with Crippen LogP contribution in [0.4, 0.5) is 8.78 Å². The van der Waals surface area contributed by atoms with Crippen LogP contribution in [0.5, 0.6) is 0 Å². The minimum atomic E-state index is -0.778. The van der Waals surface area contributed by atoms with E-state index in [0.717, 1.165) is 24.3 Å². The zero-order valence-corrected chi connectivity index (χ0v) is 9.47. The van der Waals surface area contributed by atoms with Crippen LogP contribution < -0.4 is 0 Å². The van der Waals surface area contributed by atoms with Gasteiger partial charge in [-0.05, 0) is 49.3 Å². The fraction of sp³-hybridized carbons (Fsp3) is 0.429. The van der Waals surface area contributed by atoms with Gasteiger partial charge in [0.1, 0.15) is 0 Å². The van der Waals surface area contributed by atoms with E-state index in [2.05, 4.69) is 6.92 Å². The molecule has 1 saturated carbocycles. The smallest absolute Gasteiger partial charge is 0.159 e. The Morgan fingerprint density at radius 3 is 2.44 bits per heavy atom. The molecule has 0 nitrogen and oxygen atoms in total. The Morgan fingerprint density at radius 2 is 1.81 bits per heavy atom. The van der Waals surface area contributed by atoms with Crippen molar-refractivity contribution in [3.63, 3.8) is 0 Å². The van der Waals surface area contributed by atoms with Crippen LogP contribution in [0.3, 0.4) is 0 Å². The molecule has 0 aromatic heterocycles. The van der Waals surface area contributed by atoms with Gasteiger partial charge in [-0.15, -0.1) is 0 Å². The highest BCUT2D eigenvalue weighted by Crippen LogP contribution is 2.29. The Morgan fingerprint density at radius 1 is 1.12 bits per heavy atom. The zero-order valence-electron chi connectivity index (χ0n) is 9.47. The van der Waals surface area contributed by atoms with Crippen molar-refractivity contribution in [1.29, 1.82) is 0 Å². The standard InChI is InChI=1S/C14H16F2/c1-10-2-4-11(5-3-10)8-12-6-7-13(15)14(16)9-12/h6-10H,2-5H2,1H3. The summed E-state index contributed by atoms with van der Waals surface area (Å²) < 4.78 is 25.7. The van der Waals surface area contributed by atoms with E-state index in [0.29, 0.717) is 0 Å². The van der Waals surface area contributed by atoms with E-state index in [1.165, 1.54) is 30.5 Å². The molecule has 0 amide bonds. The zero-order chi connectivity index (χ0) is 11.5. The molecule has 0 atom stereocenters. The average Bonchev–Trinajstić information content (AvgIpc) is 2.27. The first kappa shape index (κ1) is 11.3. The monoisotopic (exact) mass is 222 g/mol. The number of halogens is 2. The molecule has 0 unspecified atom stereocenters. The van der Waals surface area contributed by atoms with Crippen molar-refractivity contribution >= 4 is 6.08 Å². The molecule has 0 aliphatic heterocycles. The van der Waals surface area contributed by atoms with Crippen LogP contribution in [-0.2, 0) is 0 Å². The normalized spacial score (nSPS) is 20.9. The highest BCUT2D eigenvalue weighted by Gasteiger charge is 2.12. The summed E-state index contributed by atoms with van der Waals surface area (Å²) in [5, 5.41) is 0. The number of benzene rings is 1. The summed E-state index contributed by atoms with van der Waals surface area (Å²) in [5.41, 5.74) is 2.12. The van der Waals surface area contributed by atoms with Crippen LogP contribution in [0.2, 0.25) is 0 Å². The van der Waals surface area contributed by atoms with Crippen molar-refractivity contribution in [1.82, 2.24) is 0 Å². The Balaban J connectivity index is 2.13. The molecule has 86 valence electrons. The summed E-state index contributed by atoms with van der Waals surface area (Å²) in [7, 11) is 0. The minimum absolute atomic E-state index is 0.765. The van der Waals surface area contributed by atoms with E-state index in [1.54, 1.807) is 6.07 Å². The molecular weight excluding hydrogens is 206 g/mol. The molecule has 2 heteroatoms. The minimum Gasteiger partial charge on any atom is -0.204 e. The second-order valence-electron chi connectivity index (χ2n) is 4.66. The molecule has 1 aromatic carbocycles. The molecule has 1 aliphatic carbocycles. The summed E-state index contributed by atoms with van der Waals surface area (Å²) >= 11 is 0. The molecule has 1 aliphatic rings. The van der Waals surface area contributed by atoms with Gasteiger partial charge in [-0.1, -0.05) is 24.6 Å². The Labute approximate surface area is 95.0 Å². The van der Waals surface area contributed by atoms with E-state index in [4.69, 9.17) is 0 Å². The van der Waals surface area contributed by atoms with Crippen molar-refractivity contribution in [3.8, 4) is 0 Å². The fourth-order valence-corrected chi connectivity index (χ4v) is 2.12. The summed E-state index contributed by atoms with van der Waals surface area (Å²) in [6, 6.07) is 4.08. The third kappa shape index (κ3) is 2.69. The molecule has 0 saturated heterocycles. The lowest BCUT2D eigenvalue weighted by molar-refractivity contribution is 0.446. The first-order valence-electron chi connectivity index (χ1n) is 5.79. The van der Waals surface area contributed by atoms with Crippen molar-refractivity contribution in [2.45, 2.75) is 32.6 Å². The van der Waals surface area contributed by atoms with Gasteiger partial charge in [0.15, 0.2) is 11.6 Å². The summed E-state index contributed by atoms with van der Waals surface area (Å²) in [6.07, 6.45) is 6.57. The highest BCUT2D eigenvalue weighted by molar-refractivity contribution is 5.53. The van der Waals surface area contributed by atoms with E-state index < -0.39 is 11.6 Å². The first-order valence-corrected chi connectivity index (χ1v) is 5.79. The van der Waals surface area contributed by atoms with Crippen molar-refractivity contribution in [2.24, 2.45) is 5.92 Å². The van der Waals surface area contributed by atoms with Crippen LogP contribution in [-0.4, -0.2) is 0 Å². The van der Waals surface area contributed by atoms with Crippen molar-refractivity contribution in [3.05, 3.63) is 41.0 Å². The number of rotatable bonds is 1. The molecule has 2 rings (SSSR count). The van der Waals surface area contributed by atoms with Gasteiger partial charge in [0, 0.05) is 0 Å². The molecule has 0 bridgehead atoms. The van der Waals surface area contributed by atoms with Gasteiger partial charge in [-0.2, -0.15) is 0 Å².